The summed E-state index contributed by atoms with van der Waals surface area (Å²) in [6.07, 6.45) is 6.90. The van der Waals surface area contributed by atoms with E-state index in [2.05, 4.69) is 30.8 Å². The van der Waals surface area contributed by atoms with Crippen LogP contribution in [-0.2, 0) is 16.0 Å². The van der Waals surface area contributed by atoms with Crippen LogP contribution >= 0.6 is 0 Å². The summed E-state index contributed by atoms with van der Waals surface area (Å²) in [4.78, 5) is 11.8. The third kappa shape index (κ3) is 4.04. The molecule has 1 fully saturated rings. The number of ether oxygens (including phenoxy) is 1. The fraction of sp³-hybridized carbons (Fsp3) is 0.500. The van der Waals surface area contributed by atoms with Gasteiger partial charge in [-0.2, -0.15) is 0 Å². The molecule has 2 rings (SSSR count). The van der Waals surface area contributed by atoms with E-state index in [1.165, 1.54) is 5.56 Å². The van der Waals surface area contributed by atoms with Gasteiger partial charge in [0, 0.05) is 5.92 Å². The van der Waals surface area contributed by atoms with Crippen LogP contribution in [0.25, 0.3) is 0 Å². The van der Waals surface area contributed by atoms with Crippen molar-refractivity contribution in [1.29, 1.82) is 0 Å². The van der Waals surface area contributed by atoms with E-state index < -0.39 is 0 Å². The fourth-order valence-electron chi connectivity index (χ4n) is 3.01. The van der Waals surface area contributed by atoms with Crippen molar-refractivity contribution in [2.45, 2.75) is 51.2 Å². The molecule has 0 aromatic heterocycles. The van der Waals surface area contributed by atoms with E-state index in [0.29, 0.717) is 0 Å². The van der Waals surface area contributed by atoms with Crippen molar-refractivity contribution in [2.24, 2.45) is 5.92 Å². The lowest BCUT2D eigenvalue weighted by molar-refractivity contribution is -0.136. The third-order valence-corrected chi connectivity index (χ3v) is 4.13. The highest BCUT2D eigenvalue weighted by Crippen LogP contribution is 2.30. The fourth-order valence-corrected chi connectivity index (χ4v) is 3.01. The van der Waals surface area contributed by atoms with Crippen LogP contribution in [0.1, 0.15) is 38.2 Å². The first-order valence-electron chi connectivity index (χ1n) is 7.51. The van der Waals surface area contributed by atoms with E-state index >= 15 is 0 Å². The molecule has 1 aliphatic heterocycles. The predicted octanol–water partition coefficient (Wildman–Crippen LogP) is 3.95. The number of ketones is 1. The third-order valence-electron chi connectivity index (χ3n) is 4.13. The lowest BCUT2D eigenvalue weighted by Gasteiger charge is -2.35. The number of carbonyl (C=O) groups excluding carboxylic acids is 1. The van der Waals surface area contributed by atoms with Gasteiger partial charge in [-0.15, -0.1) is 6.58 Å². The van der Waals surface area contributed by atoms with Crippen molar-refractivity contribution >= 4 is 5.78 Å². The minimum Gasteiger partial charge on any atom is -0.374 e. The van der Waals surface area contributed by atoms with E-state index in [1.54, 1.807) is 6.92 Å². The lowest BCUT2D eigenvalue weighted by Crippen LogP contribution is -2.38. The minimum atomic E-state index is 0.0615. The Hall–Kier alpha value is -1.41. The van der Waals surface area contributed by atoms with E-state index in [1.807, 2.05) is 12.1 Å². The number of benzene rings is 1. The molecule has 20 heavy (non-hydrogen) atoms. The number of hydrogen-bond acceptors (Lipinski definition) is 2. The van der Waals surface area contributed by atoms with Gasteiger partial charge in [0.25, 0.3) is 0 Å². The average Bonchev–Trinajstić information content (AvgIpc) is 2.46. The van der Waals surface area contributed by atoms with Crippen LogP contribution in [0, 0.1) is 5.92 Å². The molecule has 1 heterocycles. The normalized spacial score (nSPS) is 26.1. The van der Waals surface area contributed by atoms with Crippen LogP contribution < -0.4 is 0 Å². The molecule has 0 bridgehead atoms. The topological polar surface area (TPSA) is 26.3 Å². The molecule has 0 radical (unpaired) electrons. The van der Waals surface area contributed by atoms with Crippen LogP contribution in [0.3, 0.4) is 0 Å². The summed E-state index contributed by atoms with van der Waals surface area (Å²) < 4.78 is 6.13. The van der Waals surface area contributed by atoms with Gasteiger partial charge in [0.1, 0.15) is 5.78 Å². The van der Waals surface area contributed by atoms with Crippen molar-refractivity contribution in [2.75, 3.05) is 0 Å². The SMILES string of the molecule is C=CC[C@@H]1CC[C@@H](C(C)=O)[C@H](CCc2ccccc2)O1. The van der Waals surface area contributed by atoms with Crippen molar-refractivity contribution in [3.8, 4) is 0 Å². The van der Waals surface area contributed by atoms with Gasteiger partial charge in [-0.05, 0) is 44.6 Å². The summed E-state index contributed by atoms with van der Waals surface area (Å²) in [5.41, 5.74) is 1.31. The molecule has 2 nitrogen and oxygen atoms in total. The largest absolute Gasteiger partial charge is 0.374 e. The monoisotopic (exact) mass is 272 g/mol. The van der Waals surface area contributed by atoms with E-state index in [-0.39, 0.29) is 23.9 Å². The van der Waals surface area contributed by atoms with E-state index in [4.69, 9.17) is 4.74 Å². The maximum absolute atomic E-state index is 11.8. The Labute approximate surface area is 121 Å². The number of hydrogen-bond donors (Lipinski definition) is 0. The first-order chi connectivity index (χ1) is 9.70. The lowest BCUT2D eigenvalue weighted by atomic mass is 9.85. The first-order valence-corrected chi connectivity index (χ1v) is 7.51. The molecule has 1 saturated heterocycles. The van der Waals surface area contributed by atoms with Crippen LogP contribution in [0.15, 0.2) is 43.0 Å². The molecule has 0 unspecified atom stereocenters. The van der Waals surface area contributed by atoms with Gasteiger partial charge >= 0.3 is 0 Å². The smallest absolute Gasteiger partial charge is 0.135 e. The Bertz CT molecular complexity index is 438. The molecule has 1 aromatic carbocycles. The van der Waals surface area contributed by atoms with Gasteiger partial charge < -0.3 is 4.74 Å². The summed E-state index contributed by atoms with van der Waals surface area (Å²) in [5.74, 6) is 0.333. The quantitative estimate of drug-likeness (QED) is 0.733. The van der Waals surface area contributed by atoms with Crippen LogP contribution in [-0.4, -0.2) is 18.0 Å². The molecule has 0 N–H and O–H groups in total. The molecule has 0 saturated carbocycles. The second kappa shape index (κ2) is 7.39. The van der Waals surface area contributed by atoms with Crippen LogP contribution in [0.4, 0.5) is 0 Å². The highest BCUT2D eigenvalue weighted by atomic mass is 16.5. The van der Waals surface area contributed by atoms with E-state index in [0.717, 1.165) is 32.1 Å². The number of rotatable bonds is 6. The zero-order valence-corrected chi connectivity index (χ0v) is 12.3. The van der Waals surface area contributed by atoms with Gasteiger partial charge in [0.05, 0.1) is 12.2 Å². The standard InChI is InChI=1S/C18H24O2/c1-3-7-16-11-12-17(14(2)19)18(20-16)13-10-15-8-5-4-6-9-15/h3-6,8-9,16-18H,1,7,10-13H2,2H3/t16-,17+,18+/m1/s1. The molecular weight excluding hydrogens is 248 g/mol. The summed E-state index contributed by atoms with van der Waals surface area (Å²) in [6, 6.07) is 10.4. The summed E-state index contributed by atoms with van der Waals surface area (Å²) in [5, 5.41) is 0. The Balaban J connectivity index is 1.96. The maximum atomic E-state index is 11.8. The van der Waals surface area contributed by atoms with Gasteiger partial charge in [0.2, 0.25) is 0 Å². The summed E-state index contributed by atoms with van der Waals surface area (Å²) in [6.45, 7) is 5.47. The van der Waals surface area contributed by atoms with Crippen LogP contribution in [0.5, 0.6) is 0 Å². The Morgan fingerprint density at radius 3 is 2.75 bits per heavy atom. The molecule has 3 atom stereocenters. The molecule has 0 spiro atoms. The Morgan fingerprint density at radius 2 is 2.10 bits per heavy atom. The second-order valence-electron chi connectivity index (χ2n) is 5.64. The zero-order chi connectivity index (χ0) is 14.4. The number of Topliss-reactive ketones (excluding diaryl/α,β-unsaturated/α-hetero) is 1. The average molecular weight is 272 g/mol. The van der Waals surface area contributed by atoms with Gasteiger partial charge in [0.15, 0.2) is 0 Å². The molecule has 108 valence electrons. The molecule has 1 aromatic rings. The first kappa shape index (κ1) is 15.0. The van der Waals surface area contributed by atoms with Crippen LogP contribution in [0.2, 0.25) is 0 Å². The molecule has 1 aliphatic rings. The van der Waals surface area contributed by atoms with Crippen molar-refractivity contribution in [3.63, 3.8) is 0 Å². The molecular formula is C18H24O2. The highest BCUT2D eigenvalue weighted by molar-refractivity contribution is 5.79. The second-order valence-corrected chi connectivity index (χ2v) is 5.64. The summed E-state index contributed by atoms with van der Waals surface area (Å²) in [7, 11) is 0. The molecule has 0 aliphatic carbocycles. The molecule has 2 heteroatoms. The minimum absolute atomic E-state index is 0.0615. The van der Waals surface area contributed by atoms with Crippen molar-refractivity contribution in [3.05, 3.63) is 48.6 Å². The van der Waals surface area contributed by atoms with E-state index in [9.17, 15) is 4.79 Å². The van der Waals surface area contributed by atoms with Gasteiger partial charge in [-0.3, -0.25) is 4.79 Å². The van der Waals surface area contributed by atoms with Crippen molar-refractivity contribution in [1.82, 2.24) is 0 Å². The highest BCUT2D eigenvalue weighted by Gasteiger charge is 2.33. The number of carbonyl (C=O) groups is 1. The molecule has 0 amide bonds. The summed E-state index contributed by atoms with van der Waals surface area (Å²) >= 11 is 0. The Kier molecular flexibility index (Phi) is 5.54. The zero-order valence-electron chi connectivity index (χ0n) is 12.3. The van der Waals surface area contributed by atoms with Crippen molar-refractivity contribution < 1.29 is 9.53 Å². The predicted molar refractivity (Wildman–Crippen MR) is 81.6 cm³/mol. The Morgan fingerprint density at radius 1 is 1.35 bits per heavy atom. The maximum Gasteiger partial charge on any atom is 0.135 e. The van der Waals surface area contributed by atoms with Gasteiger partial charge in [-0.25, -0.2) is 0 Å². The number of aryl methyl sites for hydroxylation is 1. The van der Waals surface area contributed by atoms with Gasteiger partial charge in [-0.1, -0.05) is 36.4 Å².